The lowest BCUT2D eigenvalue weighted by Crippen LogP contribution is -2.27. The molecular weight excluding hydrogens is 236 g/mol. The molecule has 0 aliphatic rings. The van der Waals surface area contributed by atoms with E-state index in [1.807, 2.05) is 6.92 Å². The third-order valence-electron chi connectivity index (χ3n) is 2.49. The van der Waals surface area contributed by atoms with Crippen LogP contribution in [-0.2, 0) is 22.5 Å². The highest BCUT2D eigenvalue weighted by molar-refractivity contribution is 5.88. The van der Waals surface area contributed by atoms with E-state index in [1.165, 1.54) is 16.7 Å². The van der Waals surface area contributed by atoms with Gasteiger partial charge in [-0.25, -0.2) is 9.48 Å². The van der Waals surface area contributed by atoms with E-state index in [0.717, 1.165) is 6.42 Å². The number of amides is 1. The molecule has 18 heavy (non-hydrogen) atoms. The van der Waals surface area contributed by atoms with E-state index in [0.29, 0.717) is 12.1 Å². The molecule has 0 N–H and O–H groups in total. The number of likely N-dealkylation sites (N-methyl/N-ethyl adjacent to an activating group) is 1. The van der Waals surface area contributed by atoms with Gasteiger partial charge < -0.3 is 9.64 Å². The molecule has 7 heteroatoms. The smallest absolute Gasteiger partial charge is 0.360 e. The van der Waals surface area contributed by atoms with Crippen molar-refractivity contribution >= 4 is 11.9 Å². The third-order valence-corrected chi connectivity index (χ3v) is 2.49. The first-order chi connectivity index (χ1) is 8.51. The summed E-state index contributed by atoms with van der Waals surface area (Å²) >= 11 is 0. The minimum atomic E-state index is -0.526. The molecule has 0 aliphatic heterocycles. The Hall–Kier alpha value is -1.92. The molecule has 0 atom stereocenters. The zero-order valence-corrected chi connectivity index (χ0v) is 11.1. The maximum absolute atomic E-state index is 11.6. The third kappa shape index (κ3) is 3.06. The fraction of sp³-hybridized carbons (Fsp3) is 0.636. The van der Waals surface area contributed by atoms with Gasteiger partial charge in [0.1, 0.15) is 6.54 Å². The van der Waals surface area contributed by atoms with Crippen molar-refractivity contribution in [1.29, 1.82) is 0 Å². The first-order valence-electron chi connectivity index (χ1n) is 5.72. The molecule has 0 spiro atoms. The summed E-state index contributed by atoms with van der Waals surface area (Å²) in [5, 5.41) is 7.63. The Morgan fingerprint density at radius 1 is 1.39 bits per heavy atom. The molecule has 1 aromatic rings. The summed E-state index contributed by atoms with van der Waals surface area (Å²) < 4.78 is 6.10. The van der Waals surface area contributed by atoms with Crippen molar-refractivity contribution in [2.75, 3.05) is 21.2 Å². The number of carbonyl (C=O) groups excluding carboxylic acids is 2. The van der Waals surface area contributed by atoms with Crippen LogP contribution in [0.2, 0.25) is 0 Å². The summed E-state index contributed by atoms with van der Waals surface area (Å²) in [6, 6.07) is 0. The van der Waals surface area contributed by atoms with Crippen LogP contribution >= 0.6 is 0 Å². The molecule has 0 saturated heterocycles. The predicted molar refractivity (Wildman–Crippen MR) is 64.1 cm³/mol. The van der Waals surface area contributed by atoms with E-state index in [9.17, 15) is 9.59 Å². The van der Waals surface area contributed by atoms with Gasteiger partial charge in [0.25, 0.3) is 0 Å². The first kappa shape index (κ1) is 14.1. The van der Waals surface area contributed by atoms with Crippen LogP contribution in [0.4, 0.5) is 0 Å². The van der Waals surface area contributed by atoms with E-state index in [-0.39, 0.29) is 18.1 Å². The molecule has 1 aromatic heterocycles. The molecule has 0 radical (unpaired) electrons. The summed E-state index contributed by atoms with van der Waals surface area (Å²) in [6.45, 7) is 2.05. The standard InChI is InChI=1S/C11H18N4O3/c1-5-6-8-10(11(17)18-4)12-13-15(8)7-9(16)14(2)3/h5-7H2,1-4H3. The molecule has 100 valence electrons. The number of ether oxygens (including phenoxy) is 1. The summed E-state index contributed by atoms with van der Waals surface area (Å²) in [7, 11) is 4.63. The highest BCUT2D eigenvalue weighted by atomic mass is 16.5. The minimum Gasteiger partial charge on any atom is -0.464 e. The van der Waals surface area contributed by atoms with Crippen LogP contribution in [0.15, 0.2) is 0 Å². The molecular formula is C11H18N4O3. The van der Waals surface area contributed by atoms with Crippen LogP contribution in [0.5, 0.6) is 0 Å². The average molecular weight is 254 g/mol. The molecule has 1 heterocycles. The molecule has 0 aromatic carbocycles. The highest BCUT2D eigenvalue weighted by Crippen LogP contribution is 2.10. The predicted octanol–water partition coefficient (Wildman–Crippen LogP) is 0.105. The lowest BCUT2D eigenvalue weighted by Gasteiger charge is -2.11. The molecule has 0 fully saturated rings. The molecule has 1 amide bonds. The largest absolute Gasteiger partial charge is 0.464 e. The number of hydrogen-bond acceptors (Lipinski definition) is 5. The van der Waals surface area contributed by atoms with Crippen LogP contribution in [0.1, 0.15) is 29.5 Å². The van der Waals surface area contributed by atoms with Crippen molar-refractivity contribution in [2.24, 2.45) is 0 Å². The number of hydrogen-bond donors (Lipinski definition) is 0. The van der Waals surface area contributed by atoms with E-state index in [4.69, 9.17) is 0 Å². The quantitative estimate of drug-likeness (QED) is 0.697. The number of carbonyl (C=O) groups is 2. The first-order valence-corrected chi connectivity index (χ1v) is 5.72. The van der Waals surface area contributed by atoms with Crippen molar-refractivity contribution in [3.8, 4) is 0 Å². The molecule has 0 aliphatic carbocycles. The summed E-state index contributed by atoms with van der Waals surface area (Å²) in [5.41, 5.74) is 0.824. The van der Waals surface area contributed by atoms with Crippen molar-refractivity contribution in [3.63, 3.8) is 0 Å². The van der Waals surface area contributed by atoms with Crippen LogP contribution in [-0.4, -0.2) is 53.0 Å². The number of rotatable bonds is 5. The van der Waals surface area contributed by atoms with E-state index < -0.39 is 5.97 Å². The lowest BCUT2D eigenvalue weighted by molar-refractivity contribution is -0.129. The maximum atomic E-state index is 11.6. The van der Waals surface area contributed by atoms with Gasteiger partial charge in [0.2, 0.25) is 5.91 Å². The summed E-state index contributed by atoms with van der Waals surface area (Å²) in [4.78, 5) is 24.6. The SMILES string of the molecule is CCCc1c(C(=O)OC)nnn1CC(=O)N(C)C. The van der Waals surface area contributed by atoms with Gasteiger partial charge in [-0.1, -0.05) is 18.6 Å². The van der Waals surface area contributed by atoms with E-state index in [1.54, 1.807) is 14.1 Å². The van der Waals surface area contributed by atoms with Gasteiger partial charge in [-0.3, -0.25) is 4.79 Å². The Kier molecular flexibility index (Phi) is 4.82. The topological polar surface area (TPSA) is 77.3 Å². The average Bonchev–Trinajstić information content (AvgIpc) is 2.72. The van der Waals surface area contributed by atoms with Gasteiger partial charge in [-0.2, -0.15) is 0 Å². The van der Waals surface area contributed by atoms with E-state index >= 15 is 0 Å². The monoisotopic (exact) mass is 254 g/mol. The van der Waals surface area contributed by atoms with Crippen molar-refractivity contribution in [2.45, 2.75) is 26.3 Å². The second kappa shape index (κ2) is 6.13. The molecule has 0 saturated carbocycles. The van der Waals surface area contributed by atoms with Crippen LogP contribution in [0, 0.1) is 0 Å². The van der Waals surface area contributed by atoms with Crippen molar-refractivity contribution < 1.29 is 14.3 Å². The van der Waals surface area contributed by atoms with Crippen molar-refractivity contribution in [1.82, 2.24) is 19.9 Å². The van der Waals surface area contributed by atoms with Crippen molar-refractivity contribution in [3.05, 3.63) is 11.4 Å². The highest BCUT2D eigenvalue weighted by Gasteiger charge is 2.21. The zero-order valence-electron chi connectivity index (χ0n) is 11.1. The summed E-state index contributed by atoms with van der Waals surface area (Å²) in [6.07, 6.45) is 1.45. The van der Waals surface area contributed by atoms with Gasteiger partial charge in [0.05, 0.1) is 12.8 Å². The Morgan fingerprint density at radius 3 is 2.56 bits per heavy atom. The number of methoxy groups -OCH3 is 1. The fourth-order valence-corrected chi connectivity index (χ4v) is 1.47. The lowest BCUT2D eigenvalue weighted by atomic mass is 10.2. The Morgan fingerprint density at radius 2 is 2.06 bits per heavy atom. The minimum absolute atomic E-state index is 0.0757. The fourth-order valence-electron chi connectivity index (χ4n) is 1.47. The van der Waals surface area contributed by atoms with Gasteiger partial charge in [0, 0.05) is 14.1 Å². The van der Waals surface area contributed by atoms with E-state index in [2.05, 4.69) is 15.0 Å². The van der Waals surface area contributed by atoms with Crippen LogP contribution in [0.25, 0.3) is 0 Å². The second-order valence-electron chi connectivity index (χ2n) is 4.07. The Balaban J connectivity index is 3.01. The maximum Gasteiger partial charge on any atom is 0.360 e. The number of nitrogens with zero attached hydrogens (tertiary/aromatic N) is 4. The van der Waals surface area contributed by atoms with Crippen LogP contribution < -0.4 is 0 Å². The number of esters is 1. The number of aromatic nitrogens is 3. The molecule has 1 rings (SSSR count). The summed E-state index contributed by atoms with van der Waals surface area (Å²) in [5.74, 6) is -0.629. The molecule has 7 nitrogen and oxygen atoms in total. The van der Waals surface area contributed by atoms with Gasteiger partial charge >= 0.3 is 5.97 Å². The normalized spacial score (nSPS) is 10.2. The Labute approximate surface area is 106 Å². The molecule has 0 unspecified atom stereocenters. The zero-order chi connectivity index (χ0) is 13.7. The second-order valence-corrected chi connectivity index (χ2v) is 4.07. The van der Waals surface area contributed by atoms with Gasteiger partial charge in [0.15, 0.2) is 5.69 Å². The van der Waals surface area contributed by atoms with Crippen LogP contribution in [0.3, 0.4) is 0 Å². The van der Waals surface area contributed by atoms with Gasteiger partial charge in [-0.05, 0) is 6.42 Å². The molecule has 0 bridgehead atoms. The van der Waals surface area contributed by atoms with Gasteiger partial charge in [-0.15, -0.1) is 5.10 Å². The Bertz CT molecular complexity index is 439.